The van der Waals surface area contributed by atoms with Gasteiger partial charge in [0.25, 0.3) is 11.2 Å². The van der Waals surface area contributed by atoms with Crippen LogP contribution in [0.2, 0.25) is 5.02 Å². The number of nitrogens with zero attached hydrogens (tertiary/aromatic N) is 3. The van der Waals surface area contributed by atoms with Crippen molar-refractivity contribution in [1.29, 1.82) is 0 Å². The summed E-state index contributed by atoms with van der Waals surface area (Å²) in [4.78, 5) is 27.5. The van der Waals surface area contributed by atoms with Gasteiger partial charge < -0.3 is 0 Å². The van der Waals surface area contributed by atoms with E-state index in [-0.39, 0.29) is 16.3 Å². The molecule has 0 saturated heterocycles. The highest BCUT2D eigenvalue weighted by atomic mass is 79.9. The number of nitro benzene ring substituents is 1. The normalized spacial score (nSPS) is 11.3. The molecule has 1 heterocycles. The second-order valence-corrected chi connectivity index (χ2v) is 6.60. The maximum absolute atomic E-state index is 12.7. The Morgan fingerprint density at radius 2 is 2.04 bits per heavy atom. The fourth-order valence-corrected chi connectivity index (χ4v) is 2.94. The predicted octanol–water partition coefficient (Wildman–Crippen LogP) is 4.66. The fourth-order valence-electron chi connectivity index (χ4n) is 2.39. The van der Waals surface area contributed by atoms with Crippen LogP contribution in [0.1, 0.15) is 11.4 Å². The van der Waals surface area contributed by atoms with Crippen molar-refractivity contribution in [3.05, 3.63) is 77.7 Å². The molecule has 0 spiro atoms. The summed E-state index contributed by atoms with van der Waals surface area (Å²) >= 11 is 9.15. The van der Waals surface area contributed by atoms with Crippen LogP contribution in [0.25, 0.3) is 23.2 Å². The zero-order valence-electron chi connectivity index (χ0n) is 12.9. The highest BCUT2D eigenvalue weighted by Crippen LogP contribution is 2.25. The highest BCUT2D eigenvalue weighted by molar-refractivity contribution is 9.10. The Morgan fingerprint density at radius 1 is 1.28 bits per heavy atom. The van der Waals surface area contributed by atoms with Gasteiger partial charge in [0.15, 0.2) is 0 Å². The van der Waals surface area contributed by atoms with E-state index in [0.29, 0.717) is 22.3 Å². The van der Waals surface area contributed by atoms with Crippen molar-refractivity contribution >= 4 is 56.4 Å². The Labute approximate surface area is 155 Å². The zero-order valence-corrected chi connectivity index (χ0v) is 15.3. The second kappa shape index (κ2) is 6.78. The lowest BCUT2D eigenvalue weighted by molar-refractivity contribution is -0.384. The molecule has 0 bridgehead atoms. The Kier molecular flexibility index (Phi) is 4.69. The van der Waals surface area contributed by atoms with Gasteiger partial charge in [0.2, 0.25) is 0 Å². The van der Waals surface area contributed by atoms with Crippen molar-refractivity contribution < 1.29 is 4.92 Å². The van der Waals surface area contributed by atoms with Gasteiger partial charge in [0.05, 0.1) is 15.8 Å². The fraction of sp³-hybridized carbons (Fsp3) is 0.0588. The van der Waals surface area contributed by atoms with Gasteiger partial charge in [-0.15, -0.1) is 0 Å². The first-order valence-electron chi connectivity index (χ1n) is 7.17. The summed E-state index contributed by atoms with van der Waals surface area (Å²) in [5.74, 6) is 0.513. The molecule has 3 rings (SSSR count). The van der Waals surface area contributed by atoms with Gasteiger partial charge in [0, 0.05) is 16.7 Å². The second-order valence-electron chi connectivity index (χ2n) is 5.28. The number of aromatic nitrogens is 2. The molecule has 25 heavy (non-hydrogen) atoms. The molecule has 0 fully saturated rings. The molecule has 1 aromatic heterocycles. The van der Waals surface area contributed by atoms with E-state index in [4.69, 9.17) is 11.6 Å². The maximum atomic E-state index is 12.7. The quantitative estimate of drug-likeness (QED) is 0.456. The number of aryl methyl sites for hydroxylation is 1. The SMILES string of the molecule is Cc1nc2ccc(Br)cc2c(=O)n1/C=C/c1ccc(Cl)c([N+](=O)[O-])c1. The Morgan fingerprint density at radius 3 is 2.76 bits per heavy atom. The number of halogens is 2. The van der Waals surface area contributed by atoms with Crippen LogP contribution in [-0.2, 0) is 0 Å². The summed E-state index contributed by atoms with van der Waals surface area (Å²) in [7, 11) is 0. The van der Waals surface area contributed by atoms with Crippen LogP contribution in [-0.4, -0.2) is 14.5 Å². The third kappa shape index (κ3) is 3.47. The summed E-state index contributed by atoms with van der Waals surface area (Å²) in [6, 6.07) is 9.74. The largest absolute Gasteiger partial charge is 0.288 e. The Balaban J connectivity index is 2.09. The summed E-state index contributed by atoms with van der Waals surface area (Å²) in [5.41, 5.74) is 0.756. The molecular formula is C17H11BrClN3O3. The van der Waals surface area contributed by atoms with Gasteiger partial charge in [-0.3, -0.25) is 19.5 Å². The van der Waals surface area contributed by atoms with Crippen LogP contribution in [0.4, 0.5) is 5.69 Å². The lowest BCUT2D eigenvalue weighted by atomic mass is 10.2. The standard InChI is InChI=1S/C17H11BrClN3O3/c1-10-20-15-5-3-12(18)9-13(15)17(23)21(10)7-6-11-2-4-14(19)16(8-11)22(24)25/h2-9H,1H3/b7-6+. The Hall–Kier alpha value is -2.51. The van der Waals surface area contributed by atoms with Gasteiger partial charge in [-0.05, 0) is 42.8 Å². The molecule has 0 aliphatic heterocycles. The molecule has 0 aliphatic carbocycles. The molecule has 0 amide bonds. The minimum Gasteiger partial charge on any atom is -0.271 e. The van der Waals surface area contributed by atoms with Crippen molar-refractivity contribution in [3.63, 3.8) is 0 Å². The van der Waals surface area contributed by atoms with E-state index >= 15 is 0 Å². The highest BCUT2D eigenvalue weighted by Gasteiger charge is 2.12. The molecule has 8 heteroatoms. The van der Waals surface area contributed by atoms with Crippen molar-refractivity contribution in [2.75, 3.05) is 0 Å². The lowest BCUT2D eigenvalue weighted by Crippen LogP contribution is -2.19. The first kappa shape index (κ1) is 17.3. The van der Waals surface area contributed by atoms with Gasteiger partial charge in [-0.2, -0.15) is 0 Å². The van der Waals surface area contributed by atoms with Gasteiger partial charge in [-0.1, -0.05) is 33.6 Å². The number of fused-ring (bicyclic) bond motifs is 1. The summed E-state index contributed by atoms with van der Waals surface area (Å²) in [6.07, 6.45) is 3.14. The van der Waals surface area contributed by atoms with Crippen molar-refractivity contribution in [1.82, 2.24) is 9.55 Å². The monoisotopic (exact) mass is 419 g/mol. The van der Waals surface area contributed by atoms with Crippen molar-refractivity contribution in [2.24, 2.45) is 0 Å². The molecule has 2 aromatic carbocycles. The van der Waals surface area contributed by atoms with Crippen LogP contribution >= 0.6 is 27.5 Å². The van der Waals surface area contributed by atoms with Gasteiger partial charge in [-0.25, -0.2) is 4.98 Å². The molecule has 0 N–H and O–H groups in total. The predicted molar refractivity (Wildman–Crippen MR) is 102 cm³/mol. The van der Waals surface area contributed by atoms with Crippen molar-refractivity contribution in [3.8, 4) is 0 Å². The smallest absolute Gasteiger partial charge is 0.271 e. The van der Waals surface area contributed by atoms with E-state index in [0.717, 1.165) is 4.47 Å². The van der Waals surface area contributed by atoms with Crippen LogP contribution in [0.3, 0.4) is 0 Å². The number of rotatable bonds is 3. The van der Waals surface area contributed by atoms with E-state index in [9.17, 15) is 14.9 Å². The van der Waals surface area contributed by atoms with E-state index in [1.54, 1.807) is 31.2 Å². The van der Waals surface area contributed by atoms with Crippen LogP contribution < -0.4 is 5.56 Å². The van der Waals surface area contributed by atoms with Crippen LogP contribution in [0.5, 0.6) is 0 Å². The van der Waals surface area contributed by atoms with Gasteiger partial charge in [0.1, 0.15) is 10.8 Å². The average Bonchev–Trinajstić information content (AvgIpc) is 2.56. The number of hydrogen-bond acceptors (Lipinski definition) is 4. The number of nitro groups is 1. The molecule has 0 saturated carbocycles. The van der Waals surface area contributed by atoms with Crippen LogP contribution in [0, 0.1) is 17.0 Å². The van der Waals surface area contributed by atoms with Crippen LogP contribution in [0.15, 0.2) is 45.7 Å². The maximum Gasteiger partial charge on any atom is 0.288 e. The van der Waals surface area contributed by atoms with E-state index < -0.39 is 4.92 Å². The van der Waals surface area contributed by atoms with E-state index in [1.807, 2.05) is 6.07 Å². The summed E-state index contributed by atoms with van der Waals surface area (Å²) in [6.45, 7) is 1.72. The number of benzene rings is 2. The summed E-state index contributed by atoms with van der Waals surface area (Å²) in [5, 5.41) is 11.5. The molecule has 0 radical (unpaired) electrons. The molecule has 0 atom stereocenters. The third-order valence-electron chi connectivity index (χ3n) is 3.62. The molecule has 0 unspecified atom stereocenters. The number of hydrogen-bond donors (Lipinski definition) is 0. The van der Waals surface area contributed by atoms with Gasteiger partial charge >= 0.3 is 0 Å². The molecule has 6 nitrogen and oxygen atoms in total. The average molecular weight is 421 g/mol. The van der Waals surface area contributed by atoms with Crippen molar-refractivity contribution in [2.45, 2.75) is 6.92 Å². The minimum absolute atomic E-state index is 0.0627. The lowest BCUT2D eigenvalue weighted by Gasteiger charge is -2.06. The topological polar surface area (TPSA) is 78.0 Å². The molecule has 0 aliphatic rings. The first-order chi connectivity index (χ1) is 11.9. The minimum atomic E-state index is -0.549. The third-order valence-corrected chi connectivity index (χ3v) is 4.43. The Bertz CT molecular complexity index is 1090. The van der Waals surface area contributed by atoms with E-state index in [1.165, 1.54) is 22.9 Å². The molecular weight excluding hydrogens is 410 g/mol. The zero-order chi connectivity index (χ0) is 18.1. The molecule has 3 aromatic rings. The summed E-state index contributed by atoms with van der Waals surface area (Å²) < 4.78 is 2.18. The van der Waals surface area contributed by atoms with E-state index in [2.05, 4.69) is 20.9 Å². The first-order valence-corrected chi connectivity index (χ1v) is 8.34. The molecule has 126 valence electrons.